The molecule has 2 N–H and O–H groups in total. The fourth-order valence-corrected chi connectivity index (χ4v) is 4.53. The molecule has 1 aromatic heterocycles. The Bertz CT molecular complexity index is 776. The molecule has 0 radical (unpaired) electrons. The zero-order valence-electron chi connectivity index (χ0n) is 15.4. The number of thiazole rings is 1. The number of anilines is 1. The first-order chi connectivity index (χ1) is 12.6. The predicted octanol–water partition coefficient (Wildman–Crippen LogP) is 3.81. The average molecular weight is 392 g/mol. The number of methoxy groups -OCH3 is 2. The van der Waals surface area contributed by atoms with Gasteiger partial charge in [0.15, 0.2) is 21.7 Å². The molecule has 1 unspecified atom stereocenters. The Morgan fingerprint density at radius 3 is 2.88 bits per heavy atom. The second-order valence-corrected chi connectivity index (χ2v) is 8.05. The van der Waals surface area contributed by atoms with Crippen LogP contribution in [0.2, 0.25) is 0 Å². The van der Waals surface area contributed by atoms with E-state index in [1.165, 1.54) is 17.0 Å². The van der Waals surface area contributed by atoms with Gasteiger partial charge in [-0.1, -0.05) is 13.0 Å². The number of ether oxygens (including phenoxy) is 2. The number of nitrogens with one attached hydrogen (secondary N) is 2. The maximum Gasteiger partial charge on any atom is 0.189 e. The summed E-state index contributed by atoms with van der Waals surface area (Å²) in [7, 11) is 3.29. The fourth-order valence-electron chi connectivity index (χ4n) is 3.09. The second kappa shape index (κ2) is 8.68. The number of aromatic nitrogens is 1. The molecule has 0 saturated carbocycles. The second-order valence-electron chi connectivity index (χ2n) is 6.56. The number of benzene rings is 1. The van der Waals surface area contributed by atoms with E-state index >= 15 is 0 Å². The van der Waals surface area contributed by atoms with Crippen molar-refractivity contribution in [3.8, 4) is 11.5 Å². The summed E-state index contributed by atoms with van der Waals surface area (Å²) in [4.78, 5) is 6.08. The van der Waals surface area contributed by atoms with Crippen LogP contribution in [0.1, 0.15) is 29.5 Å². The smallest absolute Gasteiger partial charge is 0.189 e. The Hall–Kier alpha value is -1.86. The molecule has 1 heterocycles. The number of nitrogens with zero attached hydrogens (tertiary/aromatic N) is 1. The van der Waals surface area contributed by atoms with Crippen LogP contribution in [0.5, 0.6) is 11.5 Å². The highest BCUT2D eigenvalue weighted by molar-refractivity contribution is 7.80. The molecule has 0 spiro atoms. The van der Waals surface area contributed by atoms with Crippen molar-refractivity contribution in [1.82, 2.24) is 10.3 Å². The number of hydrogen-bond acceptors (Lipinski definition) is 5. The maximum absolute atomic E-state index is 5.40. The zero-order valence-corrected chi connectivity index (χ0v) is 17.1. The topological polar surface area (TPSA) is 55.4 Å². The van der Waals surface area contributed by atoms with E-state index in [0.717, 1.165) is 53.9 Å². The van der Waals surface area contributed by atoms with E-state index in [1.54, 1.807) is 25.6 Å². The quantitative estimate of drug-likeness (QED) is 0.730. The molecular formula is C19H25N3O2S2. The molecule has 0 amide bonds. The van der Waals surface area contributed by atoms with E-state index in [-0.39, 0.29) is 0 Å². The van der Waals surface area contributed by atoms with Gasteiger partial charge in [-0.2, -0.15) is 0 Å². The molecule has 0 fully saturated rings. The van der Waals surface area contributed by atoms with E-state index in [2.05, 4.69) is 22.5 Å². The van der Waals surface area contributed by atoms with Gasteiger partial charge in [0.2, 0.25) is 0 Å². The van der Waals surface area contributed by atoms with Gasteiger partial charge in [0.25, 0.3) is 0 Å². The third kappa shape index (κ3) is 4.65. The Labute approximate surface area is 164 Å². The lowest BCUT2D eigenvalue weighted by Crippen LogP contribution is -2.30. The fraction of sp³-hybridized carbons (Fsp3) is 0.474. The lowest BCUT2D eigenvalue weighted by Gasteiger charge is -2.15. The van der Waals surface area contributed by atoms with Gasteiger partial charge >= 0.3 is 0 Å². The van der Waals surface area contributed by atoms with Crippen molar-refractivity contribution in [3.05, 3.63) is 34.3 Å². The van der Waals surface area contributed by atoms with Gasteiger partial charge in [-0.3, -0.25) is 0 Å². The van der Waals surface area contributed by atoms with Crippen molar-refractivity contribution in [1.29, 1.82) is 0 Å². The van der Waals surface area contributed by atoms with Gasteiger partial charge in [-0.05, 0) is 61.5 Å². The van der Waals surface area contributed by atoms with Crippen LogP contribution >= 0.6 is 23.6 Å². The summed E-state index contributed by atoms with van der Waals surface area (Å²) >= 11 is 7.13. The van der Waals surface area contributed by atoms with Crippen LogP contribution in [0.15, 0.2) is 18.2 Å². The maximum atomic E-state index is 5.40. The van der Waals surface area contributed by atoms with Gasteiger partial charge in [-0.25, -0.2) is 4.98 Å². The summed E-state index contributed by atoms with van der Waals surface area (Å²) in [6, 6.07) is 5.95. The zero-order chi connectivity index (χ0) is 18.5. The highest BCUT2D eigenvalue weighted by atomic mass is 32.1. The minimum atomic E-state index is 0.615. The molecule has 3 rings (SSSR count). The number of rotatable bonds is 6. The van der Waals surface area contributed by atoms with Crippen molar-refractivity contribution >= 4 is 33.8 Å². The van der Waals surface area contributed by atoms with Crippen LogP contribution in [0, 0.1) is 5.92 Å². The first kappa shape index (κ1) is 18.9. The molecule has 1 aliphatic carbocycles. The van der Waals surface area contributed by atoms with Crippen molar-refractivity contribution < 1.29 is 9.47 Å². The Morgan fingerprint density at radius 1 is 1.31 bits per heavy atom. The van der Waals surface area contributed by atoms with E-state index in [1.807, 2.05) is 18.2 Å². The van der Waals surface area contributed by atoms with Crippen molar-refractivity contribution in [2.24, 2.45) is 5.92 Å². The number of fused-ring (bicyclic) bond motifs is 1. The van der Waals surface area contributed by atoms with Gasteiger partial charge in [-0.15, -0.1) is 11.3 Å². The highest BCUT2D eigenvalue weighted by Crippen LogP contribution is 2.32. The van der Waals surface area contributed by atoms with Crippen LogP contribution in [0.3, 0.4) is 0 Å². The molecular weight excluding hydrogens is 366 g/mol. The minimum absolute atomic E-state index is 0.615. The summed E-state index contributed by atoms with van der Waals surface area (Å²) in [6.45, 7) is 3.04. The monoisotopic (exact) mass is 391 g/mol. The van der Waals surface area contributed by atoms with Crippen molar-refractivity contribution in [2.75, 3.05) is 26.1 Å². The van der Waals surface area contributed by atoms with Crippen LogP contribution in [0.4, 0.5) is 5.13 Å². The van der Waals surface area contributed by atoms with Crippen LogP contribution in [0.25, 0.3) is 0 Å². The summed E-state index contributed by atoms with van der Waals surface area (Å²) in [5.74, 6) is 2.24. The largest absolute Gasteiger partial charge is 0.493 e. The third-order valence-electron chi connectivity index (χ3n) is 4.55. The Balaban J connectivity index is 1.49. The average Bonchev–Trinajstić information content (AvgIpc) is 3.02. The first-order valence-corrected chi connectivity index (χ1v) is 10.1. The molecule has 26 heavy (non-hydrogen) atoms. The van der Waals surface area contributed by atoms with E-state index in [9.17, 15) is 0 Å². The molecule has 2 aromatic rings. The summed E-state index contributed by atoms with van der Waals surface area (Å²) in [5, 5.41) is 7.99. The number of thiocarbonyl (C=S) groups is 1. The molecule has 1 aliphatic rings. The van der Waals surface area contributed by atoms with Gasteiger partial charge in [0, 0.05) is 11.4 Å². The Kier molecular flexibility index (Phi) is 6.32. The SMILES string of the molecule is COc1ccc(CCNC(=S)Nc2nc3c(s2)CC(C)CC3)cc1OC. The van der Waals surface area contributed by atoms with E-state index in [0.29, 0.717) is 5.11 Å². The van der Waals surface area contributed by atoms with Crippen LogP contribution in [-0.2, 0) is 19.3 Å². The van der Waals surface area contributed by atoms with Crippen LogP contribution < -0.4 is 20.1 Å². The molecule has 5 nitrogen and oxygen atoms in total. The highest BCUT2D eigenvalue weighted by Gasteiger charge is 2.19. The molecule has 7 heteroatoms. The lowest BCUT2D eigenvalue weighted by atomic mass is 9.93. The number of hydrogen-bond donors (Lipinski definition) is 2. The standard InChI is InChI=1S/C19H25N3O2S2/c1-12-4-6-14-17(10-12)26-19(21-14)22-18(25)20-9-8-13-5-7-15(23-2)16(11-13)24-3/h5,7,11-12H,4,6,8-10H2,1-3H3,(H2,20,21,22,25). The van der Waals surface area contributed by atoms with Crippen molar-refractivity contribution in [2.45, 2.75) is 32.6 Å². The molecule has 0 saturated heterocycles. The van der Waals surface area contributed by atoms with Crippen molar-refractivity contribution in [3.63, 3.8) is 0 Å². The first-order valence-electron chi connectivity index (χ1n) is 8.83. The van der Waals surface area contributed by atoms with E-state index in [4.69, 9.17) is 21.7 Å². The van der Waals surface area contributed by atoms with E-state index < -0.39 is 0 Å². The number of aryl methyl sites for hydroxylation is 1. The van der Waals surface area contributed by atoms with Gasteiger partial charge in [0.1, 0.15) is 0 Å². The predicted molar refractivity (Wildman–Crippen MR) is 111 cm³/mol. The molecule has 0 aliphatic heterocycles. The normalized spacial score (nSPS) is 15.9. The summed E-state index contributed by atoms with van der Waals surface area (Å²) in [6.07, 6.45) is 4.28. The molecule has 140 valence electrons. The Morgan fingerprint density at radius 2 is 2.12 bits per heavy atom. The summed E-state index contributed by atoms with van der Waals surface area (Å²) in [5.41, 5.74) is 2.40. The minimum Gasteiger partial charge on any atom is -0.493 e. The third-order valence-corrected chi connectivity index (χ3v) is 5.84. The lowest BCUT2D eigenvalue weighted by molar-refractivity contribution is 0.354. The molecule has 1 aromatic carbocycles. The summed E-state index contributed by atoms with van der Waals surface area (Å²) < 4.78 is 10.6. The molecule has 0 bridgehead atoms. The van der Waals surface area contributed by atoms with Gasteiger partial charge in [0.05, 0.1) is 19.9 Å². The van der Waals surface area contributed by atoms with Gasteiger partial charge < -0.3 is 20.1 Å². The molecule has 1 atom stereocenters. The van der Waals surface area contributed by atoms with Crippen LogP contribution in [-0.4, -0.2) is 30.9 Å².